The monoisotopic (exact) mass is 298 g/mol. The largest absolute Gasteiger partial charge is 0.383 e. The lowest BCUT2D eigenvalue weighted by Crippen LogP contribution is -2.39. The highest BCUT2D eigenvalue weighted by molar-refractivity contribution is 9.10. The topological polar surface area (TPSA) is 63.8 Å². The Balaban J connectivity index is 2.17. The van der Waals surface area contributed by atoms with Gasteiger partial charge in [-0.3, -0.25) is 0 Å². The lowest BCUT2D eigenvalue weighted by molar-refractivity contribution is 0.216. The molecule has 1 unspecified atom stereocenters. The predicted molar refractivity (Wildman–Crippen MR) is 73.8 cm³/mol. The van der Waals surface area contributed by atoms with Gasteiger partial charge in [0.25, 0.3) is 0 Å². The highest BCUT2D eigenvalue weighted by atomic mass is 79.9. The molecule has 0 radical (unpaired) electrons. The van der Waals surface area contributed by atoms with Crippen LogP contribution < -0.4 is 11.1 Å². The fraction of sp³-hybridized carbons (Fsp3) is 0.667. The van der Waals surface area contributed by atoms with Crippen molar-refractivity contribution in [3.05, 3.63) is 10.8 Å². The molecule has 3 N–H and O–H groups in total. The molecule has 4 nitrogen and oxygen atoms in total. The number of nitrogens with two attached hydrogens (primary N) is 1. The Hall–Kier alpha value is -0.840. The summed E-state index contributed by atoms with van der Waals surface area (Å²) >= 11 is 3.43. The minimum absolute atomic E-state index is 0.303. The van der Waals surface area contributed by atoms with Gasteiger partial charge in [-0.15, -0.1) is 0 Å². The van der Waals surface area contributed by atoms with Crippen LogP contribution in [0.5, 0.6) is 0 Å². The van der Waals surface area contributed by atoms with Crippen LogP contribution in [-0.2, 0) is 0 Å². The van der Waals surface area contributed by atoms with Crippen LogP contribution in [0.15, 0.2) is 10.8 Å². The number of nitrogens with one attached hydrogen (secondary N) is 1. The van der Waals surface area contributed by atoms with Crippen LogP contribution in [0, 0.1) is 5.41 Å². The van der Waals surface area contributed by atoms with Crippen molar-refractivity contribution in [2.24, 2.45) is 5.41 Å². The Bertz CT molecular complexity index is 405. The van der Waals surface area contributed by atoms with Crippen molar-refractivity contribution >= 4 is 27.6 Å². The summed E-state index contributed by atoms with van der Waals surface area (Å²) < 4.78 is 0.765. The summed E-state index contributed by atoms with van der Waals surface area (Å²) in [5.41, 5.74) is 6.06. The fourth-order valence-electron chi connectivity index (χ4n) is 2.41. The van der Waals surface area contributed by atoms with Crippen molar-refractivity contribution in [2.45, 2.75) is 45.6 Å². The fourth-order valence-corrected chi connectivity index (χ4v) is 2.73. The highest BCUT2D eigenvalue weighted by Gasteiger charge is 2.32. The van der Waals surface area contributed by atoms with Gasteiger partial charge in [0.05, 0.1) is 0 Å². The molecule has 0 amide bonds. The van der Waals surface area contributed by atoms with Gasteiger partial charge in [0.15, 0.2) is 0 Å². The number of hydrogen-bond donors (Lipinski definition) is 2. The van der Waals surface area contributed by atoms with E-state index in [1.165, 1.54) is 32.0 Å². The summed E-state index contributed by atoms with van der Waals surface area (Å²) in [4.78, 5) is 8.20. The van der Waals surface area contributed by atoms with Gasteiger partial charge in [-0.25, -0.2) is 9.97 Å². The molecule has 2 rings (SSSR count). The zero-order valence-electron chi connectivity index (χ0n) is 10.3. The molecular weight excluding hydrogens is 280 g/mol. The number of hydrogen-bond acceptors (Lipinski definition) is 4. The number of anilines is 2. The van der Waals surface area contributed by atoms with Gasteiger partial charge in [0, 0.05) is 6.04 Å². The average molecular weight is 299 g/mol. The maximum atomic E-state index is 5.76. The minimum Gasteiger partial charge on any atom is -0.383 e. The first-order valence-corrected chi connectivity index (χ1v) is 6.82. The van der Waals surface area contributed by atoms with E-state index in [0.717, 1.165) is 10.3 Å². The summed E-state index contributed by atoms with van der Waals surface area (Å²) in [7, 11) is 0. The number of aromatic nitrogens is 2. The minimum atomic E-state index is 0.303. The lowest BCUT2D eigenvalue weighted by Gasteiger charge is -2.39. The van der Waals surface area contributed by atoms with Gasteiger partial charge in [-0.2, -0.15) is 0 Å². The van der Waals surface area contributed by atoms with E-state index in [0.29, 0.717) is 17.3 Å². The second-order valence-electron chi connectivity index (χ2n) is 5.35. The zero-order valence-corrected chi connectivity index (χ0v) is 11.9. The molecular formula is C12H19BrN4. The Labute approximate surface area is 111 Å². The first-order chi connectivity index (χ1) is 8.00. The molecule has 0 bridgehead atoms. The molecule has 1 aromatic rings. The molecule has 1 atom stereocenters. The summed E-state index contributed by atoms with van der Waals surface area (Å²) in [6, 6.07) is 0.446. The standard InChI is InChI=1S/C12H19BrN4/c1-12(2)6-4-3-5-8(12)17-11-9(13)10(14)15-7-16-11/h7-8H,3-6H2,1-2H3,(H3,14,15,16,17). The summed E-state index contributed by atoms with van der Waals surface area (Å²) in [5, 5.41) is 3.50. The maximum absolute atomic E-state index is 5.76. The van der Waals surface area contributed by atoms with E-state index < -0.39 is 0 Å². The van der Waals surface area contributed by atoms with Crippen molar-refractivity contribution in [3.63, 3.8) is 0 Å². The van der Waals surface area contributed by atoms with Crippen molar-refractivity contribution in [2.75, 3.05) is 11.1 Å². The quantitative estimate of drug-likeness (QED) is 0.880. The molecule has 1 aromatic heterocycles. The van der Waals surface area contributed by atoms with E-state index in [-0.39, 0.29) is 0 Å². The van der Waals surface area contributed by atoms with Crippen LogP contribution in [0.3, 0.4) is 0 Å². The lowest BCUT2D eigenvalue weighted by atomic mass is 9.73. The molecule has 0 saturated heterocycles. The van der Waals surface area contributed by atoms with E-state index in [4.69, 9.17) is 5.73 Å². The molecule has 0 aromatic carbocycles. The van der Waals surface area contributed by atoms with Gasteiger partial charge >= 0.3 is 0 Å². The normalized spacial score (nSPS) is 23.4. The van der Waals surface area contributed by atoms with Crippen LogP contribution in [0.2, 0.25) is 0 Å². The molecule has 0 aliphatic heterocycles. The van der Waals surface area contributed by atoms with Crippen LogP contribution in [-0.4, -0.2) is 16.0 Å². The third kappa shape index (κ3) is 2.70. The number of nitrogen functional groups attached to an aromatic ring is 1. The van der Waals surface area contributed by atoms with Crippen LogP contribution >= 0.6 is 15.9 Å². The van der Waals surface area contributed by atoms with Crippen LogP contribution in [0.25, 0.3) is 0 Å². The smallest absolute Gasteiger partial charge is 0.146 e. The number of nitrogens with zero attached hydrogens (tertiary/aromatic N) is 2. The maximum Gasteiger partial charge on any atom is 0.146 e. The Kier molecular flexibility index (Phi) is 3.56. The van der Waals surface area contributed by atoms with Gasteiger partial charge in [0.1, 0.15) is 22.4 Å². The average Bonchev–Trinajstić information content (AvgIpc) is 2.27. The van der Waals surface area contributed by atoms with Crippen molar-refractivity contribution in [1.29, 1.82) is 0 Å². The van der Waals surface area contributed by atoms with Crippen LogP contribution in [0.1, 0.15) is 39.5 Å². The van der Waals surface area contributed by atoms with E-state index in [1.54, 1.807) is 0 Å². The summed E-state index contributed by atoms with van der Waals surface area (Å²) in [6.07, 6.45) is 6.53. The Morgan fingerprint density at radius 3 is 2.88 bits per heavy atom. The van der Waals surface area contributed by atoms with Crippen LogP contribution in [0.4, 0.5) is 11.6 Å². The second kappa shape index (κ2) is 4.80. The van der Waals surface area contributed by atoms with E-state index in [9.17, 15) is 0 Å². The summed E-state index contributed by atoms with van der Waals surface area (Å²) in [5.74, 6) is 1.29. The van der Waals surface area contributed by atoms with Gasteiger partial charge in [-0.1, -0.05) is 26.7 Å². The Morgan fingerprint density at radius 2 is 2.18 bits per heavy atom. The van der Waals surface area contributed by atoms with E-state index in [1.807, 2.05) is 0 Å². The molecule has 17 heavy (non-hydrogen) atoms. The van der Waals surface area contributed by atoms with E-state index in [2.05, 4.69) is 45.1 Å². The first-order valence-electron chi connectivity index (χ1n) is 6.03. The third-order valence-corrected chi connectivity index (χ3v) is 4.42. The zero-order chi connectivity index (χ0) is 12.5. The van der Waals surface area contributed by atoms with Gasteiger partial charge in [-0.05, 0) is 34.2 Å². The van der Waals surface area contributed by atoms with Crippen molar-refractivity contribution in [1.82, 2.24) is 9.97 Å². The number of halogens is 1. The third-order valence-electron chi connectivity index (χ3n) is 3.63. The number of rotatable bonds is 2. The Morgan fingerprint density at radius 1 is 1.41 bits per heavy atom. The van der Waals surface area contributed by atoms with Gasteiger partial charge in [0.2, 0.25) is 0 Å². The van der Waals surface area contributed by atoms with Crippen molar-refractivity contribution in [3.8, 4) is 0 Å². The van der Waals surface area contributed by atoms with E-state index >= 15 is 0 Å². The van der Waals surface area contributed by atoms with Gasteiger partial charge < -0.3 is 11.1 Å². The van der Waals surface area contributed by atoms with Crippen molar-refractivity contribution < 1.29 is 0 Å². The highest BCUT2D eigenvalue weighted by Crippen LogP contribution is 2.38. The molecule has 1 heterocycles. The summed E-state index contributed by atoms with van der Waals surface area (Å²) in [6.45, 7) is 4.62. The SMILES string of the molecule is CC1(C)CCCCC1Nc1ncnc(N)c1Br. The second-order valence-corrected chi connectivity index (χ2v) is 6.15. The molecule has 0 spiro atoms. The molecule has 1 aliphatic carbocycles. The molecule has 1 saturated carbocycles. The predicted octanol–water partition coefficient (Wildman–Crippen LogP) is 3.20. The first kappa shape index (κ1) is 12.6. The molecule has 1 fully saturated rings. The molecule has 94 valence electrons. The molecule has 5 heteroatoms. The molecule has 1 aliphatic rings.